The van der Waals surface area contributed by atoms with E-state index in [1.165, 1.54) is 11.3 Å². The Hall–Kier alpha value is -0.800. The number of rotatable bonds is 5. The van der Waals surface area contributed by atoms with E-state index in [1.54, 1.807) is 21.7 Å². The van der Waals surface area contributed by atoms with Gasteiger partial charge in [-0.05, 0) is 45.0 Å². The Bertz CT molecular complexity index is 751. The van der Waals surface area contributed by atoms with Crippen molar-refractivity contribution in [2.45, 2.75) is 17.6 Å². The van der Waals surface area contributed by atoms with Gasteiger partial charge in [0.2, 0.25) is 0 Å². The molecule has 0 spiro atoms. The maximum absolute atomic E-state index is 12.7. The lowest BCUT2D eigenvalue weighted by Gasteiger charge is -2.15. The zero-order valence-corrected chi connectivity index (χ0v) is 15.0. The molecule has 2 aromatic heterocycles. The zero-order chi connectivity index (χ0) is 15.7. The molecule has 22 heavy (non-hydrogen) atoms. The Morgan fingerprint density at radius 3 is 2.95 bits per heavy atom. The Morgan fingerprint density at radius 2 is 2.27 bits per heavy atom. The van der Waals surface area contributed by atoms with E-state index in [1.807, 2.05) is 25.4 Å². The first-order valence-electron chi connectivity index (χ1n) is 7.18. The van der Waals surface area contributed by atoms with E-state index in [2.05, 4.69) is 10.3 Å². The van der Waals surface area contributed by atoms with E-state index < -0.39 is 10.0 Å². The van der Waals surface area contributed by atoms with E-state index in [0.29, 0.717) is 23.2 Å². The van der Waals surface area contributed by atoms with Gasteiger partial charge in [0, 0.05) is 18.5 Å². The number of nitrogens with one attached hydrogen (secondary N) is 1. The van der Waals surface area contributed by atoms with Crippen LogP contribution < -0.4 is 5.32 Å². The lowest BCUT2D eigenvalue weighted by molar-refractivity contribution is 0.452. The van der Waals surface area contributed by atoms with Crippen LogP contribution in [0.4, 0.5) is 0 Å². The molecular formula is C14H19N3O2S3. The van der Waals surface area contributed by atoms with E-state index >= 15 is 0 Å². The normalized spacial score (nSPS) is 19.8. The highest BCUT2D eigenvalue weighted by atomic mass is 32.2. The van der Waals surface area contributed by atoms with Crippen molar-refractivity contribution in [1.29, 1.82) is 0 Å². The summed E-state index contributed by atoms with van der Waals surface area (Å²) in [6.45, 7) is 4.02. The summed E-state index contributed by atoms with van der Waals surface area (Å²) in [4.78, 5) is 5.33. The number of hydrogen-bond acceptors (Lipinski definition) is 6. The van der Waals surface area contributed by atoms with E-state index in [-0.39, 0.29) is 0 Å². The number of thiazole rings is 1. The minimum absolute atomic E-state index is 0.403. The topological polar surface area (TPSA) is 62.3 Å². The van der Waals surface area contributed by atoms with Crippen molar-refractivity contribution in [1.82, 2.24) is 14.6 Å². The molecule has 0 bridgehead atoms. The predicted molar refractivity (Wildman–Crippen MR) is 91.0 cm³/mol. The molecule has 3 rings (SSSR count). The number of hydrogen-bond donors (Lipinski definition) is 1. The molecule has 0 radical (unpaired) electrons. The molecule has 0 saturated carbocycles. The quantitative estimate of drug-likeness (QED) is 0.893. The fourth-order valence-corrected chi connectivity index (χ4v) is 6.31. The molecule has 0 amide bonds. The van der Waals surface area contributed by atoms with Gasteiger partial charge >= 0.3 is 0 Å². The zero-order valence-electron chi connectivity index (χ0n) is 12.6. The number of aromatic nitrogens is 1. The number of sulfonamides is 1. The Kier molecular flexibility index (Phi) is 4.65. The average Bonchev–Trinajstić information content (AvgIpc) is 3.17. The number of aryl methyl sites for hydroxylation is 1. The highest BCUT2D eigenvalue weighted by molar-refractivity contribution is 7.91. The van der Waals surface area contributed by atoms with Crippen molar-refractivity contribution in [3.63, 3.8) is 0 Å². The van der Waals surface area contributed by atoms with Gasteiger partial charge in [-0.2, -0.15) is 4.31 Å². The smallest absolute Gasteiger partial charge is 0.252 e. The molecule has 0 aromatic carbocycles. The lowest BCUT2D eigenvalue weighted by atomic mass is 10.1. The van der Waals surface area contributed by atoms with Crippen LogP contribution in [0.1, 0.15) is 11.4 Å². The number of nitrogens with zero attached hydrogens (tertiary/aromatic N) is 2. The van der Waals surface area contributed by atoms with Crippen LogP contribution in [0, 0.1) is 12.8 Å². The van der Waals surface area contributed by atoms with Crippen molar-refractivity contribution in [2.24, 2.45) is 5.92 Å². The summed E-state index contributed by atoms with van der Waals surface area (Å²) in [6, 6.07) is 3.56. The van der Waals surface area contributed by atoms with Gasteiger partial charge in [0.05, 0.1) is 15.6 Å². The van der Waals surface area contributed by atoms with Crippen LogP contribution in [0.5, 0.6) is 0 Å². The molecule has 2 aromatic rings. The maximum Gasteiger partial charge on any atom is 0.252 e. The van der Waals surface area contributed by atoms with Crippen molar-refractivity contribution < 1.29 is 8.42 Å². The molecular weight excluding hydrogens is 338 g/mol. The Labute approximate surface area is 139 Å². The molecule has 0 aliphatic carbocycles. The SMILES string of the molecule is CNCC1CCN(S(=O)(=O)c2ccc(-c3csc(C)n3)s2)C1. The molecule has 1 saturated heterocycles. The van der Waals surface area contributed by atoms with Gasteiger partial charge in [-0.15, -0.1) is 22.7 Å². The minimum atomic E-state index is -3.37. The Balaban J connectivity index is 1.80. The highest BCUT2D eigenvalue weighted by Crippen LogP contribution is 2.34. The molecule has 1 atom stereocenters. The minimum Gasteiger partial charge on any atom is -0.319 e. The predicted octanol–water partition coefficient (Wildman–Crippen LogP) is 2.41. The Morgan fingerprint density at radius 1 is 1.45 bits per heavy atom. The fourth-order valence-electron chi connectivity index (χ4n) is 2.67. The van der Waals surface area contributed by atoms with E-state index in [4.69, 9.17) is 0 Å². The summed E-state index contributed by atoms with van der Waals surface area (Å²) in [7, 11) is -1.47. The summed E-state index contributed by atoms with van der Waals surface area (Å²) < 4.78 is 27.5. The van der Waals surface area contributed by atoms with Crippen molar-refractivity contribution in [3.05, 3.63) is 22.5 Å². The summed E-state index contributed by atoms with van der Waals surface area (Å²) in [6.07, 6.45) is 0.920. The summed E-state index contributed by atoms with van der Waals surface area (Å²) in [5.41, 5.74) is 0.864. The second-order valence-electron chi connectivity index (χ2n) is 5.45. The van der Waals surface area contributed by atoms with Crippen LogP contribution in [-0.2, 0) is 10.0 Å². The summed E-state index contributed by atoms with van der Waals surface area (Å²) in [5, 5.41) is 6.08. The monoisotopic (exact) mass is 357 g/mol. The van der Waals surface area contributed by atoms with Crippen LogP contribution in [0.2, 0.25) is 0 Å². The molecule has 120 valence electrons. The lowest BCUT2D eigenvalue weighted by Crippen LogP contribution is -2.29. The molecule has 1 fully saturated rings. The van der Waals surface area contributed by atoms with Crippen LogP contribution in [0.3, 0.4) is 0 Å². The second-order valence-corrected chi connectivity index (χ2v) is 9.76. The summed E-state index contributed by atoms with van der Waals surface area (Å²) >= 11 is 2.88. The van der Waals surface area contributed by atoms with Gasteiger partial charge in [-0.1, -0.05) is 0 Å². The molecule has 8 heteroatoms. The average molecular weight is 358 g/mol. The maximum atomic E-state index is 12.7. The van der Waals surface area contributed by atoms with Crippen LogP contribution in [0.25, 0.3) is 10.6 Å². The van der Waals surface area contributed by atoms with Gasteiger partial charge < -0.3 is 5.32 Å². The molecule has 1 aliphatic rings. The molecule has 1 unspecified atom stereocenters. The van der Waals surface area contributed by atoms with E-state index in [9.17, 15) is 8.42 Å². The molecule has 3 heterocycles. The first-order chi connectivity index (χ1) is 10.5. The van der Waals surface area contributed by atoms with Gasteiger partial charge in [0.15, 0.2) is 0 Å². The third-order valence-electron chi connectivity index (χ3n) is 3.79. The second kappa shape index (κ2) is 6.37. The van der Waals surface area contributed by atoms with E-state index in [0.717, 1.165) is 28.5 Å². The first kappa shape index (κ1) is 16.1. The molecule has 1 aliphatic heterocycles. The number of thiophene rings is 1. The summed E-state index contributed by atoms with van der Waals surface area (Å²) in [5.74, 6) is 0.403. The van der Waals surface area contributed by atoms with Gasteiger partial charge in [-0.3, -0.25) is 0 Å². The van der Waals surface area contributed by atoms with Crippen LogP contribution in [-0.4, -0.2) is 44.4 Å². The van der Waals surface area contributed by atoms with Crippen molar-refractivity contribution >= 4 is 32.7 Å². The van der Waals surface area contributed by atoms with Crippen LogP contribution >= 0.6 is 22.7 Å². The largest absolute Gasteiger partial charge is 0.319 e. The first-order valence-corrected chi connectivity index (χ1v) is 10.3. The third-order valence-corrected chi connectivity index (χ3v) is 8.00. The van der Waals surface area contributed by atoms with Crippen molar-refractivity contribution in [2.75, 3.05) is 26.7 Å². The van der Waals surface area contributed by atoms with Crippen molar-refractivity contribution in [3.8, 4) is 10.6 Å². The molecule has 5 nitrogen and oxygen atoms in total. The third kappa shape index (κ3) is 3.11. The van der Waals surface area contributed by atoms with Gasteiger partial charge in [0.25, 0.3) is 10.0 Å². The molecule has 1 N–H and O–H groups in total. The van der Waals surface area contributed by atoms with Gasteiger partial charge in [-0.25, -0.2) is 13.4 Å². The highest BCUT2D eigenvalue weighted by Gasteiger charge is 2.33. The van der Waals surface area contributed by atoms with Crippen LogP contribution in [0.15, 0.2) is 21.7 Å². The fraction of sp³-hybridized carbons (Fsp3) is 0.500. The standard InChI is InChI=1S/C14H19N3O2S3/c1-10-16-12(9-20-10)13-3-4-14(21-13)22(18,19)17-6-5-11(8-17)7-15-2/h3-4,9,11,15H,5-8H2,1-2H3. The van der Waals surface area contributed by atoms with Gasteiger partial charge in [0.1, 0.15) is 4.21 Å².